The Kier molecular flexibility index (Phi) is 7.92. The van der Waals surface area contributed by atoms with Gasteiger partial charge < -0.3 is 10.2 Å². The van der Waals surface area contributed by atoms with Gasteiger partial charge in [-0.25, -0.2) is 0 Å². The van der Waals surface area contributed by atoms with E-state index < -0.39 is 0 Å². The number of likely N-dealkylation sites (tertiary alicyclic amines) is 1. The molecule has 2 unspecified atom stereocenters. The Morgan fingerprint density at radius 2 is 1.78 bits per heavy atom. The molecule has 1 N–H and O–H groups in total. The molecular weight excluding hydrogens is 220 g/mol. The smallest absolute Gasteiger partial charge is 0.00670 e. The molecule has 0 amide bonds. The molecule has 108 valence electrons. The van der Waals surface area contributed by atoms with Crippen LogP contribution >= 0.6 is 0 Å². The predicted octanol–water partition coefficient (Wildman–Crippen LogP) is 3.52. The standard InChI is InChI=1S/C16H34N2/c1-5-14(4)12-16(6-2)17-13-15-8-10-18(7-3)11-9-15/h14-17H,5-13H2,1-4H3. The summed E-state index contributed by atoms with van der Waals surface area (Å²) in [6, 6.07) is 0.740. The third-order valence-corrected chi connectivity index (χ3v) is 4.73. The van der Waals surface area contributed by atoms with Gasteiger partial charge in [0.15, 0.2) is 0 Å². The molecular formula is C16H34N2. The van der Waals surface area contributed by atoms with Gasteiger partial charge in [0.1, 0.15) is 0 Å². The van der Waals surface area contributed by atoms with Crippen molar-refractivity contribution in [2.45, 2.75) is 65.8 Å². The van der Waals surface area contributed by atoms with Crippen LogP contribution in [0.5, 0.6) is 0 Å². The molecule has 0 spiro atoms. The summed E-state index contributed by atoms with van der Waals surface area (Å²) in [6.45, 7) is 14.4. The fraction of sp³-hybridized carbons (Fsp3) is 1.00. The fourth-order valence-corrected chi connectivity index (χ4v) is 2.89. The quantitative estimate of drug-likeness (QED) is 0.713. The highest BCUT2D eigenvalue weighted by Crippen LogP contribution is 2.17. The molecule has 2 atom stereocenters. The van der Waals surface area contributed by atoms with Crippen LogP contribution in [0.15, 0.2) is 0 Å². The van der Waals surface area contributed by atoms with Crippen molar-refractivity contribution >= 4 is 0 Å². The van der Waals surface area contributed by atoms with Crippen LogP contribution in [-0.2, 0) is 0 Å². The van der Waals surface area contributed by atoms with Gasteiger partial charge in [0.25, 0.3) is 0 Å². The maximum atomic E-state index is 3.82. The van der Waals surface area contributed by atoms with Crippen LogP contribution in [0.2, 0.25) is 0 Å². The lowest BCUT2D eigenvalue weighted by molar-refractivity contribution is 0.185. The Morgan fingerprint density at radius 1 is 1.11 bits per heavy atom. The van der Waals surface area contributed by atoms with Gasteiger partial charge in [0.05, 0.1) is 0 Å². The lowest BCUT2D eigenvalue weighted by Gasteiger charge is -2.32. The normalized spacial score (nSPS) is 22.0. The van der Waals surface area contributed by atoms with Crippen LogP contribution in [0.3, 0.4) is 0 Å². The van der Waals surface area contributed by atoms with Crippen LogP contribution in [0.4, 0.5) is 0 Å². The second kappa shape index (κ2) is 8.92. The molecule has 0 aliphatic carbocycles. The summed E-state index contributed by atoms with van der Waals surface area (Å²) < 4.78 is 0. The molecule has 1 aliphatic heterocycles. The van der Waals surface area contributed by atoms with Gasteiger partial charge in [-0.3, -0.25) is 0 Å². The van der Waals surface area contributed by atoms with E-state index in [0.717, 1.165) is 17.9 Å². The maximum absolute atomic E-state index is 3.82. The van der Waals surface area contributed by atoms with E-state index in [1.807, 2.05) is 0 Å². The summed E-state index contributed by atoms with van der Waals surface area (Å²) in [5.74, 6) is 1.78. The molecule has 0 aromatic carbocycles. The minimum absolute atomic E-state index is 0.740. The predicted molar refractivity (Wildman–Crippen MR) is 81.0 cm³/mol. The van der Waals surface area contributed by atoms with Gasteiger partial charge in [0, 0.05) is 6.04 Å². The average Bonchev–Trinajstić information content (AvgIpc) is 2.43. The number of hydrogen-bond acceptors (Lipinski definition) is 2. The van der Waals surface area contributed by atoms with Crippen LogP contribution < -0.4 is 5.32 Å². The zero-order chi connectivity index (χ0) is 13.4. The molecule has 1 heterocycles. The van der Waals surface area contributed by atoms with Crippen LogP contribution in [0.1, 0.15) is 59.8 Å². The highest BCUT2D eigenvalue weighted by atomic mass is 15.1. The molecule has 0 saturated carbocycles. The summed E-state index contributed by atoms with van der Waals surface area (Å²) in [5.41, 5.74) is 0. The third-order valence-electron chi connectivity index (χ3n) is 4.73. The van der Waals surface area contributed by atoms with Gasteiger partial charge in [-0.15, -0.1) is 0 Å². The monoisotopic (exact) mass is 254 g/mol. The zero-order valence-corrected chi connectivity index (χ0v) is 13.0. The van der Waals surface area contributed by atoms with E-state index in [-0.39, 0.29) is 0 Å². The molecule has 2 heteroatoms. The summed E-state index contributed by atoms with van der Waals surface area (Å²) in [4.78, 5) is 2.58. The van der Waals surface area contributed by atoms with Crippen molar-refractivity contribution in [3.8, 4) is 0 Å². The first-order valence-electron chi connectivity index (χ1n) is 8.15. The Labute approximate surface area is 115 Å². The van der Waals surface area contributed by atoms with Crippen molar-refractivity contribution in [2.75, 3.05) is 26.2 Å². The summed E-state index contributed by atoms with van der Waals surface area (Å²) >= 11 is 0. The molecule has 1 rings (SSSR count). The van der Waals surface area contributed by atoms with Crippen molar-refractivity contribution in [1.29, 1.82) is 0 Å². The Hall–Kier alpha value is -0.0800. The van der Waals surface area contributed by atoms with Crippen molar-refractivity contribution < 1.29 is 0 Å². The average molecular weight is 254 g/mol. The molecule has 0 aromatic rings. The highest BCUT2D eigenvalue weighted by Gasteiger charge is 2.19. The highest BCUT2D eigenvalue weighted by molar-refractivity contribution is 4.76. The Bertz CT molecular complexity index is 197. The van der Waals surface area contributed by atoms with Gasteiger partial charge in [0.2, 0.25) is 0 Å². The lowest BCUT2D eigenvalue weighted by atomic mass is 9.94. The molecule has 0 aromatic heterocycles. The van der Waals surface area contributed by atoms with Gasteiger partial charge in [-0.2, -0.15) is 0 Å². The van der Waals surface area contributed by atoms with E-state index in [1.165, 1.54) is 58.3 Å². The fourth-order valence-electron chi connectivity index (χ4n) is 2.89. The first-order valence-corrected chi connectivity index (χ1v) is 8.15. The third kappa shape index (κ3) is 5.71. The van der Waals surface area contributed by atoms with Gasteiger partial charge in [-0.1, -0.05) is 34.1 Å². The number of rotatable bonds is 8. The minimum atomic E-state index is 0.740. The topological polar surface area (TPSA) is 15.3 Å². The number of nitrogens with zero attached hydrogens (tertiary/aromatic N) is 1. The van der Waals surface area contributed by atoms with Gasteiger partial charge >= 0.3 is 0 Å². The summed E-state index contributed by atoms with van der Waals surface area (Å²) in [5, 5.41) is 3.82. The SMILES string of the molecule is CCC(C)CC(CC)NCC1CCN(CC)CC1. The Morgan fingerprint density at radius 3 is 2.28 bits per heavy atom. The van der Waals surface area contributed by atoms with E-state index in [0.29, 0.717) is 0 Å². The first kappa shape index (κ1) is 16.0. The largest absolute Gasteiger partial charge is 0.314 e. The number of hydrogen-bond donors (Lipinski definition) is 1. The molecule has 0 radical (unpaired) electrons. The van der Waals surface area contributed by atoms with Crippen molar-refractivity contribution in [3.05, 3.63) is 0 Å². The van der Waals surface area contributed by atoms with E-state index in [9.17, 15) is 0 Å². The minimum Gasteiger partial charge on any atom is -0.314 e. The second-order valence-electron chi connectivity index (χ2n) is 6.14. The molecule has 2 nitrogen and oxygen atoms in total. The zero-order valence-electron chi connectivity index (χ0n) is 13.0. The maximum Gasteiger partial charge on any atom is 0.00670 e. The molecule has 1 saturated heterocycles. The summed E-state index contributed by atoms with van der Waals surface area (Å²) in [7, 11) is 0. The molecule has 0 bridgehead atoms. The molecule has 1 fully saturated rings. The van der Waals surface area contributed by atoms with Crippen LogP contribution in [0.25, 0.3) is 0 Å². The van der Waals surface area contributed by atoms with Crippen LogP contribution in [-0.4, -0.2) is 37.1 Å². The van der Waals surface area contributed by atoms with Crippen molar-refractivity contribution in [1.82, 2.24) is 10.2 Å². The van der Waals surface area contributed by atoms with E-state index in [2.05, 4.69) is 37.9 Å². The van der Waals surface area contributed by atoms with Crippen molar-refractivity contribution in [3.63, 3.8) is 0 Å². The van der Waals surface area contributed by atoms with E-state index in [1.54, 1.807) is 0 Å². The first-order chi connectivity index (χ1) is 8.69. The van der Waals surface area contributed by atoms with E-state index >= 15 is 0 Å². The number of nitrogens with one attached hydrogen (secondary N) is 1. The summed E-state index contributed by atoms with van der Waals surface area (Å²) in [6.07, 6.45) is 6.72. The van der Waals surface area contributed by atoms with Gasteiger partial charge in [-0.05, 0) is 63.7 Å². The molecule has 1 aliphatic rings. The lowest BCUT2D eigenvalue weighted by Crippen LogP contribution is -2.40. The van der Waals surface area contributed by atoms with Crippen molar-refractivity contribution in [2.24, 2.45) is 11.8 Å². The second-order valence-corrected chi connectivity index (χ2v) is 6.14. The Balaban J connectivity index is 2.18. The molecule has 18 heavy (non-hydrogen) atoms. The van der Waals surface area contributed by atoms with Crippen LogP contribution in [0, 0.1) is 11.8 Å². The number of piperidine rings is 1. The van der Waals surface area contributed by atoms with E-state index in [4.69, 9.17) is 0 Å².